The normalized spacial score (nSPS) is 10.6. The zero-order chi connectivity index (χ0) is 18.0. The molecule has 0 saturated heterocycles. The lowest BCUT2D eigenvalue weighted by molar-refractivity contribution is 0.464. The molecule has 2 aromatic carbocycles. The van der Waals surface area contributed by atoms with E-state index in [0.29, 0.717) is 27.3 Å². The van der Waals surface area contributed by atoms with E-state index in [1.54, 1.807) is 12.1 Å². The zero-order valence-corrected chi connectivity index (χ0v) is 15.2. The Kier molecular flexibility index (Phi) is 4.97. The van der Waals surface area contributed by atoms with E-state index in [9.17, 15) is 0 Å². The molecule has 0 atom stereocenters. The second-order valence-corrected chi connectivity index (χ2v) is 6.36. The van der Waals surface area contributed by atoms with Crippen molar-refractivity contribution in [3.63, 3.8) is 0 Å². The van der Waals surface area contributed by atoms with Gasteiger partial charge >= 0.3 is 0 Å². The summed E-state index contributed by atoms with van der Waals surface area (Å²) in [4.78, 5) is 8.28. The molecule has 128 valence electrons. The molecule has 3 rings (SSSR count). The van der Waals surface area contributed by atoms with Crippen LogP contribution in [-0.4, -0.2) is 9.97 Å². The van der Waals surface area contributed by atoms with Crippen LogP contribution in [0.1, 0.15) is 11.1 Å². The number of nitrogen functional groups attached to an aromatic ring is 1. The van der Waals surface area contributed by atoms with Gasteiger partial charge in [-0.05, 0) is 55.3 Å². The summed E-state index contributed by atoms with van der Waals surface area (Å²) >= 11 is 12.2. The summed E-state index contributed by atoms with van der Waals surface area (Å²) in [6.07, 6.45) is 1.38. The third-order valence-electron chi connectivity index (χ3n) is 3.56. The van der Waals surface area contributed by atoms with Crippen LogP contribution in [0.3, 0.4) is 0 Å². The summed E-state index contributed by atoms with van der Waals surface area (Å²) in [5.41, 5.74) is 9.05. The molecule has 0 spiro atoms. The molecule has 0 aliphatic carbocycles. The predicted molar refractivity (Wildman–Crippen MR) is 102 cm³/mol. The second kappa shape index (κ2) is 7.17. The first kappa shape index (κ1) is 17.3. The van der Waals surface area contributed by atoms with Gasteiger partial charge in [-0.25, -0.2) is 4.98 Å². The van der Waals surface area contributed by atoms with Crippen molar-refractivity contribution in [1.82, 2.24) is 9.97 Å². The van der Waals surface area contributed by atoms with Crippen molar-refractivity contribution in [2.45, 2.75) is 13.8 Å². The molecule has 1 aromatic heterocycles. The quantitative estimate of drug-likeness (QED) is 0.628. The largest absolute Gasteiger partial charge is 0.437 e. The summed E-state index contributed by atoms with van der Waals surface area (Å²) in [5.74, 6) is 1.31. The molecule has 25 heavy (non-hydrogen) atoms. The molecule has 0 bridgehead atoms. The molecule has 0 amide bonds. The average molecular weight is 375 g/mol. The van der Waals surface area contributed by atoms with Crippen molar-refractivity contribution in [2.24, 2.45) is 0 Å². The van der Waals surface area contributed by atoms with Crippen LogP contribution in [0.5, 0.6) is 11.6 Å². The highest BCUT2D eigenvalue weighted by Crippen LogP contribution is 2.33. The van der Waals surface area contributed by atoms with Gasteiger partial charge in [0.15, 0.2) is 5.82 Å². The number of anilines is 3. The molecule has 0 fully saturated rings. The number of aryl methyl sites for hydroxylation is 2. The summed E-state index contributed by atoms with van der Waals surface area (Å²) in [7, 11) is 0. The van der Waals surface area contributed by atoms with Crippen molar-refractivity contribution in [3.05, 3.63) is 63.9 Å². The molecule has 1 heterocycles. The number of halogens is 2. The van der Waals surface area contributed by atoms with Gasteiger partial charge in [0.1, 0.15) is 17.8 Å². The lowest BCUT2D eigenvalue weighted by Gasteiger charge is -2.13. The van der Waals surface area contributed by atoms with Gasteiger partial charge in [0.25, 0.3) is 0 Å². The van der Waals surface area contributed by atoms with E-state index in [1.807, 2.05) is 38.1 Å². The SMILES string of the molecule is Cc1cc(Oc2ncnc(Nc3cccc(Cl)c3)c2N)cc(C)c1Cl. The summed E-state index contributed by atoms with van der Waals surface area (Å²) in [6.45, 7) is 3.83. The molecule has 5 nitrogen and oxygen atoms in total. The molecular weight excluding hydrogens is 359 g/mol. The molecule has 0 aliphatic rings. The molecule has 3 N–H and O–H groups in total. The minimum atomic E-state index is 0.264. The standard InChI is InChI=1S/C18H16Cl2N4O/c1-10-6-14(7-11(2)15(10)20)25-18-16(21)17(22-9-23-18)24-13-5-3-4-12(19)8-13/h3-9H,21H2,1-2H3,(H,22,23,24). The molecular formula is C18H16Cl2N4O. The van der Waals surface area contributed by atoms with Crippen molar-refractivity contribution in [3.8, 4) is 11.6 Å². The number of nitrogens with two attached hydrogens (primary N) is 1. The highest BCUT2D eigenvalue weighted by atomic mass is 35.5. The van der Waals surface area contributed by atoms with Gasteiger partial charge in [-0.1, -0.05) is 29.3 Å². The van der Waals surface area contributed by atoms with E-state index in [-0.39, 0.29) is 5.88 Å². The van der Waals surface area contributed by atoms with E-state index in [0.717, 1.165) is 16.8 Å². The van der Waals surface area contributed by atoms with E-state index < -0.39 is 0 Å². The fourth-order valence-corrected chi connectivity index (χ4v) is 2.64. The first-order chi connectivity index (χ1) is 11.9. The van der Waals surface area contributed by atoms with Gasteiger partial charge in [-0.3, -0.25) is 0 Å². The van der Waals surface area contributed by atoms with Gasteiger partial charge in [-0.2, -0.15) is 4.98 Å². The lowest BCUT2D eigenvalue weighted by atomic mass is 10.1. The highest BCUT2D eigenvalue weighted by Gasteiger charge is 2.12. The second-order valence-electron chi connectivity index (χ2n) is 5.55. The van der Waals surface area contributed by atoms with Crippen LogP contribution in [0.15, 0.2) is 42.7 Å². The fraction of sp³-hybridized carbons (Fsp3) is 0.111. The van der Waals surface area contributed by atoms with Crippen molar-refractivity contribution in [2.75, 3.05) is 11.1 Å². The Bertz CT molecular complexity index is 908. The Morgan fingerprint density at radius 2 is 1.76 bits per heavy atom. The van der Waals surface area contributed by atoms with Gasteiger partial charge in [0, 0.05) is 15.7 Å². The van der Waals surface area contributed by atoms with E-state index >= 15 is 0 Å². The summed E-state index contributed by atoms with van der Waals surface area (Å²) < 4.78 is 5.83. The zero-order valence-electron chi connectivity index (χ0n) is 13.7. The number of nitrogens with one attached hydrogen (secondary N) is 1. The maximum atomic E-state index is 6.19. The predicted octanol–water partition coefficient (Wildman–Crippen LogP) is 5.52. The molecule has 3 aromatic rings. The molecule has 0 aliphatic heterocycles. The van der Waals surface area contributed by atoms with Crippen LogP contribution in [0.4, 0.5) is 17.2 Å². The first-order valence-corrected chi connectivity index (χ1v) is 8.27. The van der Waals surface area contributed by atoms with Crippen molar-refractivity contribution >= 4 is 40.4 Å². The molecule has 0 saturated carbocycles. The third-order valence-corrected chi connectivity index (χ3v) is 4.39. The number of hydrogen-bond acceptors (Lipinski definition) is 5. The van der Waals surface area contributed by atoms with Crippen LogP contribution in [0.25, 0.3) is 0 Å². The van der Waals surface area contributed by atoms with Gasteiger partial charge < -0.3 is 15.8 Å². The van der Waals surface area contributed by atoms with E-state index in [2.05, 4.69) is 15.3 Å². The Morgan fingerprint density at radius 1 is 1.04 bits per heavy atom. The molecule has 0 unspecified atom stereocenters. The number of nitrogens with zero attached hydrogens (tertiary/aromatic N) is 2. The Hall–Kier alpha value is -2.50. The van der Waals surface area contributed by atoms with E-state index in [1.165, 1.54) is 6.33 Å². The first-order valence-electron chi connectivity index (χ1n) is 7.51. The van der Waals surface area contributed by atoms with Crippen LogP contribution >= 0.6 is 23.2 Å². The van der Waals surface area contributed by atoms with Gasteiger partial charge in [-0.15, -0.1) is 0 Å². The number of aromatic nitrogens is 2. The lowest BCUT2D eigenvalue weighted by Crippen LogP contribution is -2.03. The number of ether oxygens (including phenoxy) is 1. The van der Waals surface area contributed by atoms with Crippen LogP contribution in [0, 0.1) is 13.8 Å². The summed E-state index contributed by atoms with van der Waals surface area (Å²) in [5, 5.41) is 4.44. The maximum Gasteiger partial charge on any atom is 0.248 e. The fourth-order valence-electron chi connectivity index (χ4n) is 2.34. The third kappa shape index (κ3) is 3.95. The minimum absolute atomic E-state index is 0.264. The molecule has 7 heteroatoms. The minimum Gasteiger partial charge on any atom is -0.437 e. The van der Waals surface area contributed by atoms with E-state index in [4.69, 9.17) is 33.7 Å². The number of benzene rings is 2. The average Bonchev–Trinajstić information content (AvgIpc) is 2.56. The maximum absolute atomic E-state index is 6.19. The van der Waals surface area contributed by atoms with Gasteiger partial charge in [0.05, 0.1) is 0 Å². The van der Waals surface area contributed by atoms with Crippen LogP contribution < -0.4 is 15.8 Å². The molecule has 0 radical (unpaired) electrons. The number of rotatable bonds is 4. The van der Waals surface area contributed by atoms with Crippen LogP contribution in [0.2, 0.25) is 10.0 Å². The Balaban J connectivity index is 1.88. The Labute approximate surface area is 155 Å². The Morgan fingerprint density at radius 3 is 2.44 bits per heavy atom. The smallest absolute Gasteiger partial charge is 0.248 e. The monoisotopic (exact) mass is 374 g/mol. The van der Waals surface area contributed by atoms with Gasteiger partial charge in [0.2, 0.25) is 5.88 Å². The van der Waals surface area contributed by atoms with Crippen LogP contribution in [-0.2, 0) is 0 Å². The van der Waals surface area contributed by atoms with Crippen molar-refractivity contribution in [1.29, 1.82) is 0 Å². The summed E-state index contributed by atoms with van der Waals surface area (Å²) in [6, 6.07) is 10.9. The number of hydrogen-bond donors (Lipinski definition) is 2. The van der Waals surface area contributed by atoms with Crippen molar-refractivity contribution < 1.29 is 4.74 Å². The topological polar surface area (TPSA) is 73.1 Å². The highest BCUT2D eigenvalue weighted by molar-refractivity contribution is 6.32.